The summed E-state index contributed by atoms with van der Waals surface area (Å²) in [6.07, 6.45) is 3.61. The van der Waals surface area contributed by atoms with Crippen molar-refractivity contribution in [2.75, 3.05) is 13.1 Å². The molecule has 1 aliphatic heterocycles. The van der Waals surface area contributed by atoms with Gasteiger partial charge in [0.05, 0.1) is 26.1 Å². The number of piperidine rings is 1. The fourth-order valence-corrected chi connectivity index (χ4v) is 4.67. The van der Waals surface area contributed by atoms with Gasteiger partial charge in [0.2, 0.25) is 5.91 Å². The number of hydrogen-bond donors (Lipinski definition) is 2. The molecule has 1 saturated heterocycles. The Morgan fingerprint density at radius 2 is 1.41 bits per heavy atom. The fraction of sp³-hybridized carbons (Fsp3) is 0.143. The highest BCUT2D eigenvalue weighted by molar-refractivity contribution is 6.42. The van der Waals surface area contributed by atoms with Crippen molar-refractivity contribution in [3.05, 3.63) is 109 Å². The third kappa shape index (κ3) is 6.75. The van der Waals surface area contributed by atoms with E-state index in [1.807, 2.05) is 0 Å². The van der Waals surface area contributed by atoms with Crippen LogP contribution in [0.3, 0.4) is 0 Å². The van der Waals surface area contributed by atoms with Crippen molar-refractivity contribution in [1.82, 2.24) is 4.90 Å². The molecule has 1 amide bonds. The number of carbonyl (C=O) groups is 2. The molecule has 0 unspecified atom stereocenters. The largest absolute Gasteiger partial charge is 0.508 e. The Labute approximate surface area is 234 Å². The molecule has 1 fully saturated rings. The lowest BCUT2D eigenvalue weighted by Crippen LogP contribution is -2.49. The summed E-state index contributed by atoms with van der Waals surface area (Å²) in [6, 6.07) is 15.8. The van der Waals surface area contributed by atoms with Crippen LogP contribution in [0.4, 0.5) is 0 Å². The maximum atomic E-state index is 13.5. The molecule has 0 spiro atoms. The van der Waals surface area contributed by atoms with E-state index < -0.39 is 6.04 Å². The average Bonchev–Trinajstić information content (AvgIpc) is 2.85. The molecule has 190 valence electrons. The quantitative estimate of drug-likeness (QED) is 0.342. The number of nitrogens with zero attached hydrogens (tertiary/aromatic N) is 1. The second kappa shape index (κ2) is 11.7. The molecule has 1 heterocycles. The van der Waals surface area contributed by atoms with E-state index in [0.717, 1.165) is 5.56 Å². The highest BCUT2D eigenvalue weighted by Crippen LogP contribution is 2.28. The minimum Gasteiger partial charge on any atom is -0.508 e. The fourth-order valence-electron chi connectivity index (χ4n) is 4.06. The molecule has 3 aromatic carbocycles. The van der Waals surface area contributed by atoms with E-state index >= 15 is 0 Å². The average molecular weight is 576 g/mol. The number of hydrogen-bond acceptors (Lipinski definition) is 4. The number of phenols is 1. The number of rotatable bonds is 5. The molecule has 1 aliphatic rings. The van der Waals surface area contributed by atoms with Crippen LogP contribution in [0.5, 0.6) is 5.75 Å². The lowest BCUT2D eigenvalue weighted by atomic mass is 9.93. The van der Waals surface area contributed by atoms with Crippen LogP contribution >= 0.6 is 46.4 Å². The molecular formula is C28H22Cl4N2O3. The maximum Gasteiger partial charge on any atom is 0.240 e. The van der Waals surface area contributed by atoms with E-state index in [1.54, 1.807) is 77.7 Å². The number of nitrogens with two attached hydrogens (primary N) is 1. The normalized spacial score (nSPS) is 16.9. The van der Waals surface area contributed by atoms with Crippen molar-refractivity contribution in [3.8, 4) is 5.75 Å². The van der Waals surface area contributed by atoms with E-state index in [9.17, 15) is 14.7 Å². The van der Waals surface area contributed by atoms with Crippen LogP contribution in [0, 0.1) is 0 Å². The van der Waals surface area contributed by atoms with Gasteiger partial charge in [0.15, 0.2) is 5.78 Å². The van der Waals surface area contributed by atoms with Gasteiger partial charge in [0.25, 0.3) is 0 Å². The molecule has 9 heteroatoms. The van der Waals surface area contributed by atoms with Crippen LogP contribution in [0.2, 0.25) is 20.1 Å². The summed E-state index contributed by atoms with van der Waals surface area (Å²) in [5, 5.41) is 11.2. The number of ketones is 1. The van der Waals surface area contributed by atoms with Gasteiger partial charge in [-0.1, -0.05) is 70.7 Å². The van der Waals surface area contributed by atoms with Gasteiger partial charge in [-0.05, 0) is 71.7 Å². The van der Waals surface area contributed by atoms with E-state index in [1.165, 1.54) is 0 Å². The number of Topliss-reactive ketones (excluding diaryl/α,β-unsaturated/α-hetero) is 1. The van der Waals surface area contributed by atoms with Crippen LogP contribution in [0.1, 0.15) is 16.7 Å². The minimum absolute atomic E-state index is 0.0738. The number of phenolic OH excluding ortho intramolecular Hbond substituents is 1. The molecule has 0 aliphatic carbocycles. The number of benzene rings is 3. The SMILES string of the molecule is N[C@@H](Cc1cccc(O)c1)C(=O)N1C/C(=C\c2ccc(Cl)c(Cl)c2)C(=O)/C(=C/c2ccc(Cl)c(Cl)c2)C1. The Morgan fingerprint density at radius 1 is 0.865 bits per heavy atom. The third-order valence-electron chi connectivity index (χ3n) is 5.87. The molecule has 1 atom stereocenters. The highest BCUT2D eigenvalue weighted by Gasteiger charge is 2.31. The first-order chi connectivity index (χ1) is 17.6. The summed E-state index contributed by atoms with van der Waals surface area (Å²) in [5.74, 6) is -0.432. The van der Waals surface area contributed by atoms with Crippen molar-refractivity contribution in [2.45, 2.75) is 12.5 Å². The Bertz CT molecular complexity index is 1360. The van der Waals surface area contributed by atoms with Crippen LogP contribution in [-0.4, -0.2) is 40.8 Å². The molecular weight excluding hydrogens is 554 g/mol. The van der Waals surface area contributed by atoms with Gasteiger partial charge < -0.3 is 15.7 Å². The van der Waals surface area contributed by atoms with E-state index in [2.05, 4.69) is 0 Å². The lowest BCUT2D eigenvalue weighted by Gasteiger charge is -2.32. The van der Waals surface area contributed by atoms with Crippen LogP contribution in [0.25, 0.3) is 12.2 Å². The molecule has 5 nitrogen and oxygen atoms in total. The van der Waals surface area contributed by atoms with Gasteiger partial charge in [0, 0.05) is 24.2 Å². The number of carbonyl (C=O) groups excluding carboxylic acids is 2. The van der Waals surface area contributed by atoms with Crippen molar-refractivity contribution in [3.63, 3.8) is 0 Å². The lowest BCUT2D eigenvalue weighted by molar-refractivity contribution is -0.132. The molecule has 3 aromatic rings. The molecule has 4 rings (SSSR count). The smallest absolute Gasteiger partial charge is 0.240 e. The predicted octanol–water partition coefficient (Wildman–Crippen LogP) is 6.45. The van der Waals surface area contributed by atoms with Crippen molar-refractivity contribution < 1.29 is 14.7 Å². The summed E-state index contributed by atoms with van der Waals surface area (Å²) in [5.41, 5.74) is 9.14. The molecule has 37 heavy (non-hydrogen) atoms. The topological polar surface area (TPSA) is 83.6 Å². The monoisotopic (exact) mass is 574 g/mol. The van der Waals surface area contributed by atoms with Crippen LogP contribution in [-0.2, 0) is 16.0 Å². The minimum atomic E-state index is -0.868. The van der Waals surface area contributed by atoms with Gasteiger partial charge in [-0.3, -0.25) is 9.59 Å². The zero-order valence-corrected chi connectivity index (χ0v) is 22.5. The summed E-state index contributed by atoms with van der Waals surface area (Å²) in [4.78, 5) is 28.4. The first kappa shape index (κ1) is 27.2. The van der Waals surface area contributed by atoms with Crippen LogP contribution < -0.4 is 5.73 Å². The number of halogens is 4. The van der Waals surface area contributed by atoms with Crippen LogP contribution in [0.15, 0.2) is 71.8 Å². The Morgan fingerprint density at radius 3 is 1.89 bits per heavy atom. The second-order valence-corrected chi connectivity index (χ2v) is 10.3. The Balaban J connectivity index is 1.67. The predicted molar refractivity (Wildman–Crippen MR) is 150 cm³/mol. The van der Waals surface area contributed by atoms with Gasteiger partial charge >= 0.3 is 0 Å². The maximum absolute atomic E-state index is 13.5. The number of amides is 1. The van der Waals surface area contributed by atoms with E-state index in [-0.39, 0.29) is 37.0 Å². The van der Waals surface area contributed by atoms with Crippen molar-refractivity contribution in [1.29, 1.82) is 0 Å². The molecule has 0 bridgehead atoms. The summed E-state index contributed by atoms with van der Waals surface area (Å²) in [6.45, 7) is 0.148. The van der Waals surface area contributed by atoms with Gasteiger partial charge in [-0.2, -0.15) is 0 Å². The van der Waals surface area contributed by atoms with Gasteiger partial charge in [-0.25, -0.2) is 0 Å². The summed E-state index contributed by atoms with van der Waals surface area (Å²) < 4.78 is 0. The second-order valence-electron chi connectivity index (χ2n) is 8.69. The number of aromatic hydroxyl groups is 1. The molecule has 0 aromatic heterocycles. The standard InChI is InChI=1S/C28H22Cl4N2O3/c29-22-6-4-17(11-24(22)31)8-19-14-34(28(37)26(33)13-16-2-1-3-21(35)10-16)15-20(27(19)36)9-18-5-7-23(30)25(32)12-18/h1-12,26,35H,13-15,33H2/b19-8+,20-9+/t26-/m0/s1. The Hall–Kier alpha value is -2.80. The molecule has 0 saturated carbocycles. The van der Waals surface area contributed by atoms with Gasteiger partial charge in [-0.15, -0.1) is 0 Å². The van der Waals surface area contributed by atoms with Gasteiger partial charge in [0.1, 0.15) is 5.75 Å². The van der Waals surface area contributed by atoms with Crippen molar-refractivity contribution in [2.24, 2.45) is 5.73 Å². The third-order valence-corrected chi connectivity index (χ3v) is 7.35. The Kier molecular flexibility index (Phi) is 8.63. The highest BCUT2D eigenvalue weighted by atomic mass is 35.5. The molecule has 3 N–H and O–H groups in total. The summed E-state index contributed by atoms with van der Waals surface area (Å²) >= 11 is 24.4. The van der Waals surface area contributed by atoms with Crippen molar-refractivity contribution >= 4 is 70.2 Å². The van der Waals surface area contributed by atoms with E-state index in [4.69, 9.17) is 52.1 Å². The van der Waals surface area contributed by atoms with E-state index in [0.29, 0.717) is 42.4 Å². The zero-order valence-electron chi connectivity index (χ0n) is 19.4. The first-order valence-corrected chi connectivity index (χ1v) is 12.8. The number of likely N-dealkylation sites (tertiary alicyclic amines) is 1. The first-order valence-electron chi connectivity index (χ1n) is 11.3. The molecule has 0 radical (unpaired) electrons. The summed E-state index contributed by atoms with van der Waals surface area (Å²) in [7, 11) is 0. The zero-order chi connectivity index (χ0) is 26.7.